The fourth-order valence-corrected chi connectivity index (χ4v) is 3.89. The lowest BCUT2D eigenvalue weighted by atomic mass is 10.1. The first kappa shape index (κ1) is 19.3. The van der Waals surface area contributed by atoms with Gasteiger partial charge in [-0.1, -0.05) is 21.1 Å². The second kappa shape index (κ2) is 8.55. The number of methoxy groups -OCH3 is 1. The van der Waals surface area contributed by atoms with Crippen LogP contribution in [0.1, 0.15) is 31.2 Å². The Morgan fingerprint density at radius 1 is 1.21 bits per heavy atom. The predicted octanol–water partition coefficient (Wildman–Crippen LogP) is 3.80. The van der Waals surface area contributed by atoms with Gasteiger partial charge in [0.25, 0.3) is 0 Å². The molecule has 7 nitrogen and oxygen atoms in total. The maximum atomic E-state index is 5.40. The Morgan fingerprint density at radius 3 is 2.96 bits per heavy atom. The SMILES string of the molecule is COC(C)c1noc(CN2CCCN(c3ccnc4cc(Br)ccc34)CC2)n1. The molecule has 1 fully saturated rings. The number of rotatable bonds is 5. The largest absolute Gasteiger partial charge is 0.374 e. The van der Waals surface area contributed by atoms with E-state index in [1.54, 1.807) is 7.11 Å². The Morgan fingerprint density at radius 2 is 2.11 bits per heavy atom. The Kier molecular flexibility index (Phi) is 5.89. The summed E-state index contributed by atoms with van der Waals surface area (Å²) < 4.78 is 11.7. The molecule has 1 aliphatic rings. The minimum absolute atomic E-state index is 0.155. The molecule has 1 aliphatic heterocycles. The van der Waals surface area contributed by atoms with E-state index in [1.807, 2.05) is 13.1 Å². The number of benzene rings is 1. The van der Waals surface area contributed by atoms with E-state index in [-0.39, 0.29) is 6.10 Å². The molecule has 0 amide bonds. The van der Waals surface area contributed by atoms with Crippen LogP contribution in [0.4, 0.5) is 5.69 Å². The van der Waals surface area contributed by atoms with Gasteiger partial charge in [-0.15, -0.1) is 0 Å². The second-order valence-electron chi connectivity index (χ2n) is 7.03. The number of nitrogens with zero attached hydrogens (tertiary/aromatic N) is 5. The fraction of sp³-hybridized carbons (Fsp3) is 0.450. The maximum Gasteiger partial charge on any atom is 0.240 e. The lowest BCUT2D eigenvalue weighted by Gasteiger charge is -2.24. The molecule has 0 aliphatic carbocycles. The Balaban J connectivity index is 1.45. The van der Waals surface area contributed by atoms with E-state index in [4.69, 9.17) is 9.26 Å². The van der Waals surface area contributed by atoms with Crippen molar-refractivity contribution in [2.24, 2.45) is 0 Å². The second-order valence-corrected chi connectivity index (χ2v) is 7.95. The summed E-state index contributed by atoms with van der Waals surface area (Å²) in [6, 6.07) is 8.40. The van der Waals surface area contributed by atoms with Crippen molar-refractivity contribution in [1.82, 2.24) is 20.0 Å². The third-order valence-electron chi connectivity index (χ3n) is 5.17. The van der Waals surface area contributed by atoms with Crippen LogP contribution < -0.4 is 4.90 Å². The van der Waals surface area contributed by atoms with E-state index in [9.17, 15) is 0 Å². The standard InChI is InChI=1S/C20H24BrN5O2/c1-14(27-2)20-23-19(28-24-20)13-25-8-3-9-26(11-10-25)18-6-7-22-17-12-15(21)4-5-16(17)18/h4-7,12,14H,3,8-11,13H2,1-2H3. The zero-order valence-corrected chi connectivity index (χ0v) is 17.7. The number of hydrogen-bond donors (Lipinski definition) is 0. The van der Waals surface area contributed by atoms with Crippen molar-refractivity contribution in [2.45, 2.75) is 26.0 Å². The number of hydrogen-bond acceptors (Lipinski definition) is 7. The van der Waals surface area contributed by atoms with E-state index in [1.165, 1.54) is 11.1 Å². The van der Waals surface area contributed by atoms with Crippen LogP contribution in [-0.2, 0) is 11.3 Å². The van der Waals surface area contributed by atoms with Gasteiger partial charge in [-0.05, 0) is 37.6 Å². The van der Waals surface area contributed by atoms with Gasteiger partial charge in [-0.3, -0.25) is 9.88 Å². The Bertz CT molecular complexity index is 947. The van der Waals surface area contributed by atoms with Gasteiger partial charge in [0, 0.05) is 55.0 Å². The molecule has 1 saturated heterocycles. The minimum atomic E-state index is -0.155. The van der Waals surface area contributed by atoms with Gasteiger partial charge in [0.1, 0.15) is 6.10 Å². The highest BCUT2D eigenvalue weighted by molar-refractivity contribution is 9.10. The fourth-order valence-electron chi connectivity index (χ4n) is 3.55. The van der Waals surface area contributed by atoms with E-state index < -0.39 is 0 Å². The van der Waals surface area contributed by atoms with Crippen molar-refractivity contribution >= 4 is 32.5 Å². The average molecular weight is 446 g/mol. The molecular weight excluding hydrogens is 422 g/mol. The van der Waals surface area contributed by atoms with E-state index >= 15 is 0 Å². The first-order valence-corrected chi connectivity index (χ1v) is 10.3. The van der Waals surface area contributed by atoms with Gasteiger partial charge in [0.2, 0.25) is 5.89 Å². The highest BCUT2D eigenvalue weighted by Crippen LogP contribution is 2.28. The highest BCUT2D eigenvalue weighted by Gasteiger charge is 2.20. The molecule has 28 heavy (non-hydrogen) atoms. The van der Waals surface area contributed by atoms with Crippen LogP contribution in [0.5, 0.6) is 0 Å². The first-order chi connectivity index (χ1) is 13.6. The third kappa shape index (κ3) is 4.19. The molecule has 2 aromatic heterocycles. The van der Waals surface area contributed by atoms with Gasteiger partial charge in [0.15, 0.2) is 5.82 Å². The summed E-state index contributed by atoms with van der Waals surface area (Å²) >= 11 is 3.53. The van der Waals surface area contributed by atoms with Crippen LogP contribution in [0.15, 0.2) is 39.5 Å². The average Bonchev–Trinajstić information content (AvgIpc) is 3.05. The van der Waals surface area contributed by atoms with E-state index in [2.05, 4.69) is 65.1 Å². The highest BCUT2D eigenvalue weighted by atomic mass is 79.9. The Hall–Kier alpha value is -2.03. The first-order valence-electron chi connectivity index (χ1n) is 9.51. The number of aromatic nitrogens is 3. The van der Waals surface area contributed by atoms with Crippen LogP contribution in [0.3, 0.4) is 0 Å². The summed E-state index contributed by atoms with van der Waals surface area (Å²) in [5.74, 6) is 1.25. The molecule has 8 heteroatoms. The predicted molar refractivity (Wildman–Crippen MR) is 111 cm³/mol. The van der Waals surface area contributed by atoms with Crippen LogP contribution in [0.25, 0.3) is 10.9 Å². The van der Waals surface area contributed by atoms with E-state index in [0.717, 1.165) is 42.6 Å². The van der Waals surface area contributed by atoms with Crippen molar-refractivity contribution in [2.75, 3.05) is 38.2 Å². The van der Waals surface area contributed by atoms with Gasteiger partial charge < -0.3 is 14.2 Å². The zero-order chi connectivity index (χ0) is 19.5. The molecular formula is C20H24BrN5O2. The van der Waals surface area contributed by atoms with Crippen molar-refractivity contribution in [3.8, 4) is 0 Å². The minimum Gasteiger partial charge on any atom is -0.374 e. The van der Waals surface area contributed by atoms with Gasteiger partial charge in [0.05, 0.1) is 12.1 Å². The molecule has 1 unspecified atom stereocenters. The van der Waals surface area contributed by atoms with Crippen molar-refractivity contribution < 1.29 is 9.26 Å². The number of ether oxygens (including phenoxy) is 1. The molecule has 0 radical (unpaired) electrons. The molecule has 148 valence electrons. The Labute approximate surface area is 172 Å². The summed E-state index contributed by atoms with van der Waals surface area (Å²) in [7, 11) is 1.64. The molecule has 0 N–H and O–H groups in total. The third-order valence-corrected chi connectivity index (χ3v) is 5.66. The van der Waals surface area contributed by atoms with E-state index in [0.29, 0.717) is 18.3 Å². The number of pyridine rings is 1. The normalized spacial score (nSPS) is 17.0. The van der Waals surface area contributed by atoms with Gasteiger partial charge in [-0.2, -0.15) is 4.98 Å². The molecule has 3 aromatic rings. The summed E-state index contributed by atoms with van der Waals surface area (Å²) in [4.78, 5) is 13.8. The molecule has 0 bridgehead atoms. The molecule has 0 saturated carbocycles. The zero-order valence-electron chi connectivity index (χ0n) is 16.1. The quantitative estimate of drug-likeness (QED) is 0.591. The molecule has 0 spiro atoms. The van der Waals surface area contributed by atoms with Crippen molar-refractivity contribution in [1.29, 1.82) is 0 Å². The topological polar surface area (TPSA) is 67.5 Å². The number of halogens is 1. The smallest absolute Gasteiger partial charge is 0.240 e. The summed E-state index contributed by atoms with van der Waals surface area (Å²) in [6.45, 7) is 6.49. The summed E-state index contributed by atoms with van der Waals surface area (Å²) in [6.07, 6.45) is 2.82. The molecule has 1 aromatic carbocycles. The van der Waals surface area contributed by atoms with Crippen LogP contribution >= 0.6 is 15.9 Å². The van der Waals surface area contributed by atoms with Gasteiger partial charge >= 0.3 is 0 Å². The van der Waals surface area contributed by atoms with Gasteiger partial charge in [-0.25, -0.2) is 0 Å². The van der Waals surface area contributed by atoms with Crippen LogP contribution in [-0.4, -0.2) is 53.3 Å². The van der Waals surface area contributed by atoms with Crippen molar-refractivity contribution in [3.05, 3.63) is 46.7 Å². The summed E-state index contributed by atoms with van der Waals surface area (Å²) in [5, 5.41) is 5.21. The monoisotopic (exact) mass is 445 g/mol. The summed E-state index contributed by atoms with van der Waals surface area (Å²) in [5.41, 5.74) is 2.26. The maximum absolute atomic E-state index is 5.40. The number of fused-ring (bicyclic) bond motifs is 1. The number of anilines is 1. The molecule has 1 atom stereocenters. The van der Waals surface area contributed by atoms with Crippen LogP contribution in [0, 0.1) is 0 Å². The molecule has 3 heterocycles. The molecule has 4 rings (SSSR count). The van der Waals surface area contributed by atoms with Crippen molar-refractivity contribution in [3.63, 3.8) is 0 Å². The van der Waals surface area contributed by atoms with Crippen LogP contribution in [0.2, 0.25) is 0 Å². The lowest BCUT2D eigenvalue weighted by molar-refractivity contribution is 0.109. The lowest BCUT2D eigenvalue weighted by Crippen LogP contribution is -2.30.